The molecule has 0 aliphatic carbocycles. The number of rotatable bonds is 4. The lowest BCUT2D eigenvalue weighted by molar-refractivity contribution is 0.198. The van der Waals surface area contributed by atoms with Crippen LogP contribution in [-0.4, -0.2) is 44.3 Å². The average Bonchev–Trinajstić information content (AvgIpc) is 3.24. The number of nitrogens with zero attached hydrogens (tertiary/aromatic N) is 4. The zero-order valence-electron chi connectivity index (χ0n) is 13.7. The summed E-state index contributed by atoms with van der Waals surface area (Å²) in [7, 11) is 0. The van der Waals surface area contributed by atoms with Crippen LogP contribution in [-0.2, 0) is 6.54 Å². The molecule has 0 aromatic carbocycles. The number of likely N-dealkylation sites (tertiary alicyclic amines) is 1. The molecule has 1 fully saturated rings. The topological polar surface area (TPSA) is 66.8 Å². The highest BCUT2D eigenvalue weighted by atomic mass is 32.1. The third-order valence-corrected chi connectivity index (χ3v) is 5.63. The van der Waals surface area contributed by atoms with Gasteiger partial charge in [-0.15, -0.1) is 11.3 Å². The maximum Gasteiger partial charge on any atom is 0.271 e. The summed E-state index contributed by atoms with van der Waals surface area (Å²) in [6.45, 7) is 5.69. The van der Waals surface area contributed by atoms with Crippen molar-refractivity contribution < 1.29 is 0 Å². The Labute approximate surface area is 144 Å². The quantitative estimate of drug-likeness (QED) is 0.790. The van der Waals surface area contributed by atoms with Gasteiger partial charge in [-0.25, -0.2) is 4.98 Å². The lowest BCUT2D eigenvalue weighted by Crippen LogP contribution is -2.38. The third-order valence-electron chi connectivity index (χ3n) is 4.74. The number of nitrogens with one attached hydrogen (secondary N) is 1. The Bertz CT molecular complexity index is 896. The van der Waals surface area contributed by atoms with Crippen LogP contribution < -0.4 is 5.56 Å². The Morgan fingerprint density at radius 2 is 2.33 bits per heavy atom. The summed E-state index contributed by atoms with van der Waals surface area (Å²) >= 11 is 1.47. The first-order chi connectivity index (χ1) is 11.7. The molecule has 0 bridgehead atoms. The lowest BCUT2D eigenvalue weighted by Gasteiger charge is -2.31. The molecule has 1 aliphatic rings. The van der Waals surface area contributed by atoms with Crippen LogP contribution in [0.1, 0.15) is 30.1 Å². The number of piperidine rings is 1. The summed E-state index contributed by atoms with van der Waals surface area (Å²) < 4.78 is 2.49. The largest absolute Gasteiger partial charge is 0.301 e. The summed E-state index contributed by atoms with van der Waals surface area (Å²) in [6, 6.07) is 4.04. The highest BCUT2D eigenvalue weighted by molar-refractivity contribution is 7.17. The third kappa shape index (κ3) is 3.01. The van der Waals surface area contributed by atoms with E-state index in [9.17, 15) is 4.79 Å². The van der Waals surface area contributed by atoms with Crippen LogP contribution in [0.4, 0.5) is 0 Å². The number of fused-ring (bicyclic) bond motifs is 1. The SMILES string of the molecule is Cc1cc(C2CCCN(CCn3cnc4ccsc4c3=O)C2)n[nH]1. The molecule has 7 heteroatoms. The number of aryl methyl sites for hydroxylation is 1. The van der Waals surface area contributed by atoms with E-state index in [0.29, 0.717) is 12.5 Å². The number of aromatic nitrogens is 4. The zero-order chi connectivity index (χ0) is 16.5. The van der Waals surface area contributed by atoms with Crippen molar-refractivity contribution in [3.05, 3.63) is 45.6 Å². The molecule has 0 radical (unpaired) electrons. The number of thiophene rings is 1. The Morgan fingerprint density at radius 1 is 1.42 bits per heavy atom. The molecule has 4 rings (SSSR count). The van der Waals surface area contributed by atoms with Gasteiger partial charge in [-0.05, 0) is 43.8 Å². The molecule has 4 heterocycles. The van der Waals surface area contributed by atoms with Gasteiger partial charge in [0.05, 0.1) is 17.5 Å². The van der Waals surface area contributed by atoms with Crippen LogP contribution in [0.2, 0.25) is 0 Å². The molecule has 3 aromatic heterocycles. The molecule has 1 aliphatic heterocycles. The molecular weight excluding hydrogens is 322 g/mol. The number of H-pyrrole nitrogens is 1. The van der Waals surface area contributed by atoms with Crippen LogP contribution in [0.25, 0.3) is 10.2 Å². The van der Waals surface area contributed by atoms with Gasteiger partial charge in [0.2, 0.25) is 0 Å². The summed E-state index contributed by atoms with van der Waals surface area (Å²) in [5.74, 6) is 0.485. The van der Waals surface area contributed by atoms with Gasteiger partial charge in [-0.2, -0.15) is 5.10 Å². The van der Waals surface area contributed by atoms with E-state index in [2.05, 4.69) is 26.1 Å². The van der Waals surface area contributed by atoms with Crippen LogP contribution in [0, 0.1) is 6.92 Å². The van der Waals surface area contributed by atoms with Crippen molar-refractivity contribution in [1.82, 2.24) is 24.6 Å². The van der Waals surface area contributed by atoms with Gasteiger partial charge in [0.15, 0.2) is 0 Å². The molecule has 24 heavy (non-hydrogen) atoms. The molecule has 0 saturated carbocycles. The molecule has 1 saturated heterocycles. The van der Waals surface area contributed by atoms with E-state index in [1.54, 1.807) is 10.9 Å². The first-order valence-corrected chi connectivity index (χ1v) is 9.25. The Hall–Kier alpha value is -1.99. The van der Waals surface area contributed by atoms with E-state index in [0.717, 1.165) is 41.2 Å². The highest BCUT2D eigenvalue weighted by Crippen LogP contribution is 2.25. The van der Waals surface area contributed by atoms with Gasteiger partial charge >= 0.3 is 0 Å². The standard InChI is InChI=1S/C17H21N5OS/c1-12-9-15(20-19-12)13-3-2-5-21(10-13)6-7-22-11-18-14-4-8-24-16(14)17(22)23/h4,8-9,11,13H,2-3,5-7,10H2,1H3,(H,19,20). The van der Waals surface area contributed by atoms with Gasteiger partial charge in [0.25, 0.3) is 5.56 Å². The second-order valence-electron chi connectivity index (χ2n) is 6.49. The van der Waals surface area contributed by atoms with Gasteiger partial charge in [-0.1, -0.05) is 0 Å². The van der Waals surface area contributed by atoms with E-state index < -0.39 is 0 Å². The fraction of sp³-hybridized carbons (Fsp3) is 0.471. The molecule has 1 N–H and O–H groups in total. The Morgan fingerprint density at radius 3 is 3.17 bits per heavy atom. The molecule has 0 amide bonds. The average molecular weight is 343 g/mol. The van der Waals surface area contributed by atoms with Crippen molar-refractivity contribution in [3.8, 4) is 0 Å². The lowest BCUT2D eigenvalue weighted by atomic mass is 9.95. The summed E-state index contributed by atoms with van der Waals surface area (Å²) in [6.07, 6.45) is 4.03. The van der Waals surface area contributed by atoms with E-state index in [4.69, 9.17) is 0 Å². The maximum atomic E-state index is 12.5. The van der Waals surface area contributed by atoms with E-state index in [1.165, 1.54) is 24.2 Å². The maximum absolute atomic E-state index is 12.5. The van der Waals surface area contributed by atoms with Crippen LogP contribution in [0.15, 0.2) is 28.6 Å². The van der Waals surface area contributed by atoms with E-state index >= 15 is 0 Å². The molecule has 3 aromatic rings. The van der Waals surface area contributed by atoms with Crippen molar-refractivity contribution in [1.29, 1.82) is 0 Å². The first kappa shape index (κ1) is 15.5. The van der Waals surface area contributed by atoms with Crippen molar-refractivity contribution >= 4 is 21.6 Å². The van der Waals surface area contributed by atoms with Gasteiger partial charge in [0, 0.05) is 31.2 Å². The molecule has 1 unspecified atom stereocenters. The van der Waals surface area contributed by atoms with Gasteiger partial charge in [0.1, 0.15) is 4.70 Å². The molecule has 126 valence electrons. The van der Waals surface area contributed by atoms with Crippen molar-refractivity contribution in [2.24, 2.45) is 0 Å². The molecule has 0 spiro atoms. The number of hydrogen-bond acceptors (Lipinski definition) is 5. The fourth-order valence-corrected chi connectivity index (χ4v) is 4.23. The second-order valence-corrected chi connectivity index (χ2v) is 7.41. The minimum absolute atomic E-state index is 0.0754. The van der Waals surface area contributed by atoms with Gasteiger partial charge < -0.3 is 4.90 Å². The molecule has 1 atom stereocenters. The second kappa shape index (κ2) is 6.49. The summed E-state index contributed by atoms with van der Waals surface area (Å²) in [4.78, 5) is 19.3. The number of hydrogen-bond donors (Lipinski definition) is 1. The van der Waals surface area contributed by atoms with Crippen molar-refractivity contribution in [2.45, 2.75) is 32.2 Å². The van der Waals surface area contributed by atoms with Crippen LogP contribution >= 0.6 is 11.3 Å². The first-order valence-electron chi connectivity index (χ1n) is 8.37. The Balaban J connectivity index is 1.43. The zero-order valence-corrected chi connectivity index (χ0v) is 14.6. The monoisotopic (exact) mass is 343 g/mol. The predicted molar refractivity (Wildman–Crippen MR) is 95.6 cm³/mol. The molecule has 6 nitrogen and oxygen atoms in total. The van der Waals surface area contributed by atoms with E-state index in [1.807, 2.05) is 18.4 Å². The fourth-order valence-electron chi connectivity index (χ4n) is 3.44. The van der Waals surface area contributed by atoms with Crippen LogP contribution in [0.5, 0.6) is 0 Å². The minimum atomic E-state index is 0.0754. The predicted octanol–water partition coefficient (Wildman–Crippen LogP) is 2.37. The summed E-state index contributed by atoms with van der Waals surface area (Å²) in [5, 5.41) is 9.38. The number of aromatic amines is 1. The van der Waals surface area contributed by atoms with Crippen LogP contribution in [0.3, 0.4) is 0 Å². The normalized spacial score (nSPS) is 19.1. The molecular formula is C17H21N5OS. The Kier molecular flexibility index (Phi) is 4.20. The minimum Gasteiger partial charge on any atom is -0.301 e. The summed E-state index contributed by atoms with van der Waals surface area (Å²) in [5.41, 5.74) is 3.15. The highest BCUT2D eigenvalue weighted by Gasteiger charge is 2.23. The van der Waals surface area contributed by atoms with Crippen molar-refractivity contribution in [2.75, 3.05) is 19.6 Å². The smallest absolute Gasteiger partial charge is 0.271 e. The van der Waals surface area contributed by atoms with E-state index in [-0.39, 0.29) is 5.56 Å². The van der Waals surface area contributed by atoms with Crippen molar-refractivity contribution in [3.63, 3.8) is 0 Å². The van der Waals surface area contributed by atoms with Gasteiger partial charge in [-0.3, -0.25) is 14.5 Å².